The first-order chi connectivity index (χ1) is 14.7. The molecule has 0 radical (unpaired) electrons. The fourth-order valence-corrected chi connectivity index (χ4v) is 3.17. The number of hydrogen-bond acceptors (Lipinski definition) is 3. The highest BCUT2D eigenvalue weighted by Gasteiger charge is 2.16. The Morgan fingerprint density at radius 2 is 1.42 bits per heavy atom. The number of para-hydroxylation sites is 1. The molecule has 2 N–H and O–H groups in total. The van der Waals surface area contributed by atoms with Crippen LogP contribution in [0.1, 0.15) is 36.7 Å². The molecule has 0 fully saturated rings. The minimum absolute atomic E-state index is 0.0415. The Morgan fingerprint density at radius 3 is 2.06 bits per heavy atom. The van der Waals surface area contributed by atoms with Crippen LogP contribution in [-0.2, 0) is 10.2 Å². The molecule has 2 amide bonds. The van der Waals surface area contributed by atoms with Gasteiger partial charge in [0.05, 0.1) is 5.56 Å². The monoisotopic (exact) mass is 480 g/mol. The van der Waals surface area contributed by atoms with Gasteiger partial charge in [-0.3, -0.25) is 9.59 Å². The van der Waals surface area contributed by atoms with Crippen LogP contribution in [0.25, 0.3) is 0 Å². The first-order valence-electron chi connectivity index (χ1n) is 9.91. The Labute approximate surface area is 191 Å². The summed E-state index contributed by atoms with van der Waals surface area (Å²) < 4.78 is 6.56. The molecule has 0 saturated carbocycles. The Balaban J connectivity index is 1.63. The van der Waals surface area contributed by atoms with Crippen LogP contribution >= 0.6 is 15.9 Å². The number of hydrogen-bond donors (Lipinski definition) is 2. The SMILES string of the molecule is CC(C)(C)c1ccc(NC(=O)c2ccccc2OCC(=O)Nc2ccc(Br)cc2)cc1. The van der Waals surface area contributed by atoms with E-state index in [0.717, 1.165) is 4.47 Å². The maximum Gasteiger partial charge on any atom is 0.262 e. The standard InChI is InChI=1S/C25H25BrN2O3/c1-25(2,3)17-8-12-20(13-9-17)28-24(30)21-6-4-5-7-22(21)31-16-23(29)27-19-14-10-18(26)11-15-19/h4-15H,16H2,1-3H3,(H,27,29)(H,28,30). The molecule has 0 aliphatic carbocycles. The van der Waals surface area contributed by atoms with Gasteiger partial charge in [-0.1, -0.05) is 61.0 Å². The van der Waals surface area contributed by atoms with Crippen molar-refractivity contribution in [3.63, 3.8) is 0 Å². The van der Waals surface area contributed by atoms with Gasteiger partial charge in [0.15, 0.2) is 6.61 Å². The van der Waals surface area contributed by atoms with Crippen molar-refractivity contribution in [2.45, 2.75) is 26.2 Å². The van der Waals surface area contributed by atoms with Gasteiger partial charge in [0.1, 0.15) is 5.75 Å². The molecule has 0 aromatic heterocycles. The molecule has 0 atom stereocenters. The molecule has 3 rings (SSSR count). The van der Waals surface area contributed by atoms with Gasteiger partial charge in [-0.15, -0.1) is 0 Å². The Kier molecular flexibility index (Phi) is 7.13. The predicted octanol–water partition coefficient (Wildman–Crippen LogP) is 6.02. The molecule has 0 spiro atoms. The lowest BCUT2D eigenvalue weighted by atomic mass is 9.87. The van der Waals surface area contributed by atoms with Gasteiger partial charge in [0.25, 0.3) is 11.8 Å². The molecule has 31 heavy (non-hydrogen) atoms. The average Bonchev–Trinajstić information content (AvgIpc) is 2.74. The van der Waals surface area contributed by atoms with Gasteiger partial charge in [-0.2, -0.15) is 0 Å². The molecule has 160 valence electrons. The number of ether oxygens (including phenoxy) is 1. The van der Waals surface area contributed by atoms with Gasteiger partial charge in [0.2, 0.25) is 0 Å². The number of halogens is 1. The van der Waals surface area contributed by atoms with Gasteiger partial charge in [0, 0.05) is 15.8 Å². The van der Waals surface area contributed by atoms with Crippen LogP contribution in [-0.4, -0.2) is 18.4 Å². The molecule has 5 nitrogen and oxygen atoms in total. The summed E-state index contributed by atoms with van der Waals surface area (Å²) >= 11 is 3.35. The van der Waals surface area contributed by atoms with Crippen LogP contribution in [0, 0.1) is 0 Å². The molecular formula is C25H25BrN2O3. The lowest BCUT2D eigenvalue weighted by Gasteiger charge is -2.19. The van der Waals surface area contributed by atoms with Gasteiger partial charge >= 0.3 is 0 Å². The van der Waals surface area contributed by atoms with Crippen molar-refractivity contribution in [2.75, 3.05) is 17.2 Å². The molecule has 0 aliphatic heterocycles. The Morgan fingerprint density at radius 1 is 0.839 bits per heavy atom. The highest BCUT2D eigenvalue weighted by atomic mass is 79.9. The minimum atomic E-state index is -0.310. The quantitative estimate of drug-likeness (QED) is 0.453. The van der Waals surface area contributed by atoms with Gasteiger partial charge < -0.3 is 15.4 Å². The van der Waals surface area contributed by atoms with Crippen molar-refractivity contribution >= 4 is 39.1 Å². The van der Waals surface area contributed by atoms with E-state index in [4.69, 9.17) is 4.74 Å². The normalized spacial score (nSPS) is 11.0. The maximum absolute atomic E-state index is 12.8. The third-order valence-electron chi connectivity index (χ3n) is 4.63. The van der Waals surface area contributed by atoms with E-state index in [1.807, 2.05) is 36.4 Å². The number of carbonyl (C=O) groups excluding carboxylic acids is 2. The fourth-order valence-electron chi connectivity index (χ4n) is 2.91. The summed E-state index contributed by atoms with van der Waals surface area (Å²) in [6, 6.07) is 21.9. The summed E-state index contributed by atoms with van der Waals surface area (Å²) in [6.07, 6.45) is 0. The maximum atomic E-state index is 12.8. The molecule has 3 aromatic carbocycles. The third-order valence-corrected chi connectivity index (χ3v) is 5.16. The van der Waals surface area contributed by atoms with Gasteiger partial charge in [-0.25, -0.2) is 0 Å². The van der Waals surface area contributed by atoms with Crippen molar-refractivity contribution in [3.05, 3.63) is 88.4 Å². The van der Waals surface area contributed by atoms with Crippen LogP contribution < -0.4 is 15.4 Å². The summed E-state index contributed by atoms with van der Waals surface area (Å²) in [7, 11) is 0. The van der Waals surface area contributed by atoms with E-state index in [0.29, 0.717) is 22.7 Å². The summed E-state index contributed by atoms with van der Waals surface area (Å²) in [6.45, 7) is 6.21. The first kappa shape index (κ1) is 22.6. The van der Waals surface area contributed by atoms with E-state index < -0.39 is 0 Å². The second kappa shape index (κ2) is 9.79. The molecule has 0 saturated heterocycles. The van der Waals surface area contributed by atoms with Crippen LogP contribution in [0.5, 0.6) is 5.75 Å². The van der Waals surface area contributed by atoms with Crippen LogP contribution in [0.15, 0.2) is 77.3 Å². The highest BCUT2D eigenvalue weighted by Crippen LogP contribution is 2.25. The second-order valence-corrected chi connectivity index (χ2v) is 9.04. The van der Waals surface area contributed by atoms with E-state index in [-0.39, 0.29) is 23.8 Å². The van der Waals surface area contributed by atoms with Crippen molar-refractivity contribution in [2.24, 2.45) is 0 Å². The van der Waals surface area contributed by atoms with E-state index >= 15 is 0 Å². The zero-order valence-corrected chi connectivity index (χ0v) is 19.3. The van der Waals surface area contributed by atoms with Crippen molar-refractivity contribution in [3.8, 4) is 5.75 Å². The van der Waals surface area contributed by atoms with Crippen molar-refractivity contribution < 1.29 is 14.3 Å². The molecule has 6 heteroatoms. The summed E-state index contributed by atoms with van der Waals surface area (Å²) in [4.78, 5) is 25.0. The smallest absolute Gasteiger partial charge is 0.262 e. The Hall–Kier alpha value is -3.12. The molecule has 0 bridgehead atoms. The van der Waals surface area contributed by atoms with E-state index in [1.165, 1.54) is 5.56 Å². The number of nitrogens with one attached hydrogen (secondary N) is 2. The fraction of sp³-hybridized carbons (Fsp3) is 0.200. The molecule has 0 heterocycles. The topological polar surface area (TPSA) is 67.4 Å². The van der Waals surface area contributed by atoms with Crippen LogP contribution in [0.2, 0.25) is 0 Å². The zero-order valence-electron chi connectivity index (χ0n) is 17.7. The number of anilines is 2. The first-order valence-corrected chi connectivity index (χ1v) is 10.7. The molecule has 0 aliphatic rings. The van der Waals surface area contributed by atoms with E-state index in [9.17, 15) is 9.59 Å². The summed E-state index contributed by atoms with van der Waals surface area (Å²) in [5, 5.41) is 5.65. The zero-order chi connectivity index (χ0) is 22.4. The molecular weight excluding hydrogens is 456 g/mol. The number of amides is 2. The minimum Gasteiger partial charge on any atom is -0.483 e. The van der Waals surface area contributed by atoms with Crippen LogP contribution in [0.4, 0.5) is 11.4 Å². The molecule has 3 aromatic rings. The van der Waals surface area contributed by atoms with Crippen LogP contribution in [0.3, 0.4) is 0 Å². The van der Waals surface area contributed by atoms with Crippen molar-refractivity contribution in [1.29, 1.82) is 0 Å². The predicted molar refractivity (Wildman–Crippen MR) is 128 cm³/mol. The largest absolute Gasteiger partial charge is 0.483 e. The lowest BCUT2D eigenvalue weighted by molar-refractivity contribution is -0.118. The van der Waals surface area contributed by atoms with Crippen molar-refractivity contribution in [1.82, 2.24) is 0 Å². The van der Waals surface area contributed by atoms with E-state index in [1.54, 1.807) is 36.4 Å². The average molecular weight is 481 g/mol. The number of rotatable bonds is 6. The van der Waals surface area contributed by atoms with Gasteiger partial charge in [-0.05, 0) is 59.5 Å². The summed E-state index contributed by atoms with van der Waals surface area (Å²) in [5.41, 5.74) is 2.95. The molecule has 0 unspecified atom stereocenters. The van der Waals surface area contributed by atoms with E-state index in [2.05, 4.69) is 47.3 Å². The number of benzene rings is 3. The second-order valence-electron chi connectivity index (χ2n) is 8.12. The summed E-state index contributed by atoms with van der Waals surface area (Å²) in [5.74, 6) is -0.264. The lowest BCUT2D eigenvalue weighted by Crippen LogP contribution is -2.21. The third kappa shape index (κ3) is 6.43. The highest BCUT2D eigenvalue weighted by molar-refractivity contribution is 9.10. The number of carbonyl (C=O) groups is 2. The Bertz CT molecular complexity index is 1060.